The Bertz CT molecular complexity index is 868. The van der Waals surface area contributed by atoms with Gasteiger partial charge in [0.25, 0.3) is 0 Å². The third-order valence-corrected chi connectivity index (χ3v) is 3.64. The normalized spacial score (nSPS) is 10.9. The van der Waals surface area contributed by atoms with Gasteiger partial charge in [-0.1, -0.05) is 12.1 Å². The van der Waals surface area contributed by atoms with Crippen LogP contribution in [0.3, 0.4) is 0 Å². The van der Waals surface area contributed by atoms with E-state index in [4.69, 9.17) is 9.15 Å². The van der Waals surface area contributed by atoms with Crippen LogP contribution >= 0.6 is 0 Å². The quantitative estimate of drug-likeness (QED) is 0.798. The lowest BCUT2D eigenvalue weighted by molar-refractivity contribution is -0.119. The Morgan fingerprint density at radius 1 is 1.22 bits per heavy atom. The zero-order valence-electron chi connectivity index (χ0n) is 13.3. The fourth-order valence-corrected chi connectivity index (χ4v) is 2.46. The van der Waals surface area contributed by atoms with E-state index < -0.39 is 0 Å². The zero-order valence-corrected chi connectivity index (χ0v) is 13.3. The standard InChI is InChI=1S/C18H18N2O3/c1-11-5-4-6-15-17(11)20-18(23-15)13-7-8-14(12(2)9-13)19-16(21)10-22-3/h4-9H,10H2,1-3H3,(H,19,21). The molecule has 1 amide bonds. The van der Waals surface area contributed by atoms with Gasteiger partial charge in [0.1, 0.15) is 12.1 Å². The summed E-state index contributed by atoms with van der Waals surface area (Å²) in [5.41, 5.74) is 5.29. The van der Waals surface area contributed by atoms with Gasteiger partial charge in [0.05, 0.1) is 0 Å². The third kappa shape index (κ3) is 3.10. The molecule has 1 aromatic heterocycles. The SMILES string of the molecule is COCC(=O)Nc1ccc(-c2nc3c(C)cccc3o2)cc1C. The number of nitrogens with zero attached hydrogens (tertiary/aromatic N) is 1. The van der Waals surface area contributed by atoms with Gasteiger partial charge in [0.2, 0.25) is 11.8 Å². The van der Waals surface area contributed by atoms with Crippen molar-refractivity contribution in [3.63, 3.8) is 0 Å². The van der Waals surface area contributed by atoms with Crippen molar-refractivity contribution in [3.8, 4) is 11.5 Å². The molecular weight excluding hydrogens is 292 g/mol. The number of aromatic nitrogens is 1. The first-order chi connectivity index (χ1) is 11.1. The summed E-state index contributed by atoms with van der Waals surface area (Å²) in [4.78, 5) is 16.2. The molecule has 0 atom stereocenters. The van der Waals surface area contributed by atoms with Crippen molar-refractivity contribution in [2.45, 2.75) is 13.8 Å². The van der Waals surface area contributed by atoms with E-state index in [0.29, 0.717) is 5.89 Å². The lowest BCUT2D eigenvalue weighted by Crippen LogP contribution is -2.17. The maximum Gasteiger partial charge on any atom is 0.250 e. The molecule has 1 N–H and O–H groups in total. The van der Waals surface area contributed by atoms with Crippen LogP contribution in [0.1, 0.15) is 11.1 Å². The molecule has 1 heterocycles. The first kappa shape index (κ1) is 15.2. The Morgan fingerprint density at radius 3 is 2.74 bits per heavy atom. The molecule has 23 heavy (non-hydrogen) atoms. The molecule has 0 spiro atoms. The summed E-state index contributed by atoms with van der Waals surface area (Å²) in [6.45, 7) is 3.97. The average Bonchev–Trinajstić information content (AvgIpc) is 2.95. The van der Waals surface area contributed by atoms with Crippen molar-refractivity contribution < 1.29 is 13.9 Å². The highest BCUT2D eigenvalue weighted by Crippen LogP contribution is 2.28. The fraction of sp³-hybridized carbons (Fsp3) is 0.222. The number of benzene rings is 2. The summed E-state index contributed by atoms with van der Waals surface area (Å²) in [5, 5.41) is 2.81. The van der Waals surface area contributed by atoms with Crippen LogP contribution < -0.4 is 5.32 Å². The van der Waals surface area contributed by atoms with Gasteiger partial charge < -0.3 is 14.5 Å². The van der Waals surface area contributed by atoms with Gasteiger partial charge in [-0.05, 0) is 49.2 Å². The van der Waals surface area contributed by atoms with E-state index in [1.165, 1.54) is 7.11 Å². The number of aryl methyl sites for hydroxylation is 2. The number of rotatable bonds is 4. The number of carbonyl (C=O) groups is 1. The van der Waals surface area contributed by atoms with E-state index in [1.54, 1.807) is 0 Å². The molecule has 2 aromatic carbocycles. The summed E-state index contributed by atoms with van der Waals surface area (Å²) in [5.74, 6) is 0.396. The highest BCUT2D eigenvalue weighted by atomic mass is 16.5. The van der Waals surface area contributed by atoms with Crippen molar-refractivity contribution >= 4 is 22.7 Å². The van der Waals surface area contributed by atoms with Gasteiger partial charge in [-0.15, -0.1) is 0 Å². The third-order valence-electron chi connectivity index (χ3n) is 3.64. The minimum Gasteiger partial charge on any atom is -0.436 e. The number of ether oxygens (including phenoxy) is 1. The monoisotopic (exact) mass is 310 g/mol. The highest BCUT2D eigenvalue weighted by Gasteiger charge is 2.11. The first-order valence-electron chi connectivity index (χ1n) is 7.34. The Kier molecular flexibility index (Phi) is 4.12. The summed E-state index contributed by atoms with van der Waals surface area (Å²) in [6.07, 6.45) is 0. The number of nitrogens with one attached hydrogen (secondary N) is 1. The average molecular weight is 310 g/mol. The molecule has 5 heteroatoms. The van der Waals surface area contributed by atoms with E-state index in [9.17, 15) is 4.79 Å². The van der Waals surface area contributed by atoms with Crippen LogP contribution in [-0.4, -0.2) is 24.6 Å². The summed E-state index contributed by atoms with van der Waals surface area (Å²) >= 11 is 0. The summed E-state index contributed by atoms with van der Waals surface area (Å²) in [7, 11) is 1.49. The van der Waals surface area contributed by atoms with Gasteiger partial charge in [-0.2, -0.15) is 0 Å². The molecule has 0 saturated carbocycles. The highest BCUT2D eigenvalue weighted by molar-refractivity contribution is 5.92. The maximum absolute atomic E-state index is 11.6. The Hall–Kier alpha value is -2.66. The van der Waals surface area contributed by atoms with Crippen molar-refractivity contribution in [3.05, 3.63) is 47.5 Å². The molecule has 0 radical (unpaired) electrons. The Morgan fingerprint density at radius 2 is 2.04 bits per heavy atom. The number of methoxy groups -OCH3 is 1. The lowest BCUT2D eigenvalue weighted by Gasteiger charge is -2.08. The van der Waals surface area contributed by atoms with E-state index in [-0.39, 0.29) is 12.5 Å². The summed E-state index contributed by atoms with van der Waals surface area (Å²) in [6, 6.07) is 11.5. The number of anilines is 1. The Labute approximate surface area is 134 Å². The van der Waals surface area contributed by atoms with Crippen LogP contribution in [0.2, 0.25) is 0 Å². The molecule has 0 bridgehead atoms. The molecule has 0 saturated heterocycles. The van der Waals surface area contributed by atoms with E-state index in [2.05, 4.69) is 10.3 Å². The van der Waals surface area contributed by atoms with E-state index in [0.717, 1.165) is 33.5 Å². The number of oxazole rings is 1. The van der Waals surface area contributed by atoms with Crippen LogP contribution in [-0.2, 0) is 9.53 Å². The largest absolute Gasteiger partial charge is 0.436 e. The van der Waals surface area contributed by atoms with Gasteiger partial charge >= 0.3 is 0 Å². The second-order valence-electron chi connectivity index (χ2n) is 5.45. The maximum atomic E-state index is 11.6. The van der Waals surface area contributed by atoms with Crippen LogP contribution in [0, 0.1) is 13.8 Å². The number of fused-ring (bicyclic) bond motifs is 1. The minimum absolute atomic E-state index is 0.0333. The van der Waals surface area contributed by atoms with Crippen molar-refractivity contribution in [1.29, 1.82) is 0 Å². The van der Waals surface area contributed by atoms with Crippen LogP contribution in [0.25, 0.3) is 22.6 Å². The van der Waals surface area contributed by atoms with E-state index >= 15 is 0 Å². The molecule has 0 aliphatic rings. The molecule has 0 aliphatic heterocycles. The second-order valence-corrected chi connectivity index (χ2v) is 5.45. The van der Waals surface area contributed by atoms with Gasteiger partial charge in [-0.3, -0.25) is 4.79 Å². The fourth-order valence-electron chi connectivity index (χ4n) is 2.46. The molecule has 0 fully saturated rings. The molecule has 5 nitrogen and oxygen atoms in total. The smallest absolute Gasteiger partial charge is 0.250 e. The minimum atomic E-state index is -0.180. The van der Waals surface area contributed by atoms with Crippen LogP contribution in [0.15, 0.2) is 40.8 Å². The second kappa shape index (κ2) is 6.22. The first-order valence-corrected chi connectivity index (χ1v) is 7.34. The predicted octanol–water partition coefficient (Wildman–Crippen LogP) is 3.70. The topological polar surface area (TPSA) is 64.4 Å². The van der Waals surface area contributed by atoms with Crippen molar-refractivity contribution in [2.24, 2.45) is 0 Å². The lowest BCUT2D eigenvalue weighted by atomic mass is 10.1. The summed E-state index contributed by atoms with van der Waals surface area (Å²) < 4.78 is 10.6. The molecule has 118 valence electrons. The number of hydrogen-bond donors (Lipinski definition) is 1. The number of carbonyl (C=O) groups excluding carboxylic acids is 1. The van der Waals surface area contributed by atoms with Gasteiger partial charge in [0.15, 0.2) is 5.58 Å². The predicted molar refractivity (Wildman–Crippen MR) is 89.4 cm³/mol. The molecule has 0 aliphatic carbocycles. The number of amides is 1. The Balaban J connectivity index is 1.92. The van der Waals surface area contributed by atoms with E-state index in [1.807, 2.05) is 50.2 Å². The van der Waals surface area contributed by atoms with Crippen molar-refractivity contribution in [2.75, 3.05) is 19.0 Å². The number of hydrogen-bond acceptors (Lipinski definition) is 4. The van der Waals surface area contributed by atoms with Gasteiger partial charge in [-0.25, -0.2) is 4.98 Å². The van der Waals surface area contributed by atoms with Crippen LogP contribution in [0.5, 0.6) is 0 Å². The number of para-hydroxylation sites is 1. The molecule has 3 aromatic rings. The van der Waals surface area contributed by atoms with Crippen LogP contribution in [0.4, 0.5) is 5.69 Å². The zero-order chi connectivity index (χ0) is 16.4. The molecular formula is C18H18N2O3. The molecule has 3 rings (SSSR count). The van der Waals surface area contributed by atoms with Gasteiger partial charge in [0, 0.05) is 18.4 Å². The van der Waals surface area contributed by atoms with Crippen molar-refractivity contribution in [1.82, 2.24) is 4.98 Å². The molecule has 0 unspecified atom stereocenters.